The van der Waals surface area contributed by atoms with Gasteiger partial charge in [0.15, 0.2) is 0 Å². The number of nitrogens with two attached hydrogens (primary N) is 1. The summed E-state index contributed by atoms with van der Waals surface area (Å²) in [5.41, 5.74) is 6.80. The van der Waals surface area contributed by atoms with Gasteiger partial charge in [-0.15, -0.1) is 0 Å². The van der Waals surface area contributed by atoms with Crippen LogP contribution in [0.3, 0.4) is 0 Å². The zero-order chi connectivity index (χ0) is 18.5. The van der Waals surface area contributed by atoms with Crippen LogP contribution in [0.25, 0.3) is 0 Å². The van der Waals surface area contributed by atoms with Gasteiger partial charge in [0, 0.05) is 12.3 Å². The van der Waals surface area contributed by atoms with Gasteiger partial charge in [0.1, 0.15) is 6.61 Å². The summed E-state index contributed by atoms with van der Waals surface area (Å²) < 4.78 is 10.4. The van der Waals surface area contributed by atoms with Gasteiger partial charge in [0.25, 0.3) is 0 Å². The van der Waals surface area contributed by atoms with Gasteiger partial charge >= 0.3 is 5.97 Å². The molecule has 0 aliphatic carbocycles. The Morgan fingerprint density at radius 3 is 2.52 bits per heavy atom. The third kappa shape index (κ3) is 8.54. The van der Waals surface area contributed by atoms with Crippen LogP contribution in [-0.2, 0) is 14.3 Å². The smallest absolute Gasteiger partial charge is 0.340 e. The maximum Gasteiger partial charge on any atom is 0.340 e. The maximum atomic E-state index is 12.0. The van der Waals surface area contributed by atoms with Crippen LogP contribution in [0.4, 0.5) is 11.4 Å². The number of benzene rings is 1. The van der Waals surface area contributed by atoms with E-state index >= 15 is 0 Å². The van der Waals surface area contributed by atoms with Crippen LogP contribution in [0.5, 0.6) is 0 Å². The third-order valence-corrected chi connectivity index (χ3v) is 3.69. The summed E-state index contributed by atoms with van der Waals surface area (Å²) in [7, 11) is 0. The predicted octanol–water partition coefficient (Wildman–Crippen LogP) is 3.76. The molecule has 0 bridgehead atoms. The van der Waals surface area contributed by atoms with E-state index in [-0.39, 0.29) is 24.7 Å². The molecule has 0 aliphatic heterocycles. The van der Waals surface area contributed by atoms with Gasteiger partial charge in [0.2, 0.25) is 5.91 Å². The summed E-state index contributed by atoms with van der Waals surface area (Å²) in [4.78, 5) is 23.9. The fourth-order valence-corrected chi connectivity index (χ4v) is 2.39. The highest BCUT2D eigenvalue weighted by Crippen LogP contribution is 2.20. The van der Waals surface area contributed by atoms with E-state index in [4.69, 9.17) is 15.2 Å². The van der Waals surface area contributed by atoms with Crippen molar-refractivity contribution in [3.63, 3.8) is 0 Å². The van der Waals surface area contributed by atoms with Crippen molar-refractivity contribution in [2.75, 3.05) is 30.9 Å². The average molecular weight is 350 g/mol. The lowest BCUT2D eigenvalue weighted by Crippen LogP contribution is -2.21. The minimum absolute atomic E-state index is 0.0496. The molecule has 0 saturated carbocycles. The highest BCUT2D eigenvalue weighted by atomic mass is 16.5. The van der Waals surface area contributed by atoms with Crippen LogP contribution in [0, 0.1) is 0 Å². The zero-order valence-electron chi connectivity index (χ0n) is 15.3. The first-order chi connectivity index (χ1) is 12.1. The number of rotatable bonds is 12. The topological polar surface area (TPSA) is 90.6 Å². The van der Waals surface area contributed by atoms with Crippen molar-refractivity contribution in [1.82, 2.24) is 0 Å². The summed E-state index contributed by atoms with van der Waals surface area (Å²) in [5.74, 6) is -0.812. The summed E-state index contributed by atoms with van der Waals surface area (Å²) in [5, 5.41) is 2.66. The second-order valence-electron chi connectivity index (χ2n) is 5.89. The number of nitrogens with one attached hydrogen (secondary N) is 1. The van der Waals surface area contributed by atoms with E-state index in [2.05, 4.69) is 12.2 Å². The Morgan fingerprint density at radius 2 is 1.80 bits per heavy atom. The van der Waals surface area contributed by atoms with Crippen LogP contribution in [0.15, 0.2) is 18.2 Å². The second-order valence-corrected chi connectivity index (χ2v) is 5.89. The normalized spacial score (nSPS) is 10.5. The molecule has 1 aromatic rings. The summed E-state index contributed by atoms with van der Waals surface area (Å²) in [6.45, 7) is 4.68. The fraction of sp³-hybridized carbons (Fsp3) is 0.579. The molecular weight excluding hydrogens is 320 g/mol. The molecule has 0 radical (unpaired) electrons. The molecular formula is C19H30N2O4. The van der Waals surface area contributed by atoms with Crippen LogP contribution in [-0.4, -0.2) is 31.7 Å². The number of unbranched alkanes of at least 4 members (excludes halogenated alkanes) is 5. The lowest BCUT2D eigenvalue weighted by molar-refractivity contribution is -0.120. The Morgan fingerprint density at radius 1 is 1.08 bits per heavy atom. The number of nitrogen functional groups attached to an aromatic ring is 1. The lowest BCUT2D eigenvalue weighted by Gasteiger charge is -2.11. The quantitative estimate of drug-likeness (QED) is 0.340. The number of hydrogen-bond acceptors (Lipinski definition) is 5. The molecule has 6 heteroatoms. The second kappa shape index (κ2) is 12.3. The molecule has 0 spiro atoms. The van der Waals surface area contributed by atoms with Crippen molar-refractivity contribution in [2.24, 2.45) is 0 Å². The van der Waals surface area contributed by atoms with E-state index in [0.717, 1.165) is 12.8 Å². The summed E-state index contributed by atoms with van der Waals surface area (Å²) in [6.07, 6.45) is 7.02. The van der Waals surface area contributed by atoms with E-state index in [1.54, 1.807) is 19.1 Å². The molecule has 0 fully saturated rings. The van der Waals surface area contributed by atoms with E-state index in [0.29, 0.717) is 18.0 Å². The van der Waals surface area contributed by atoms with Gasteiger partial charge in [-0.3, -0.25) is 4.79 Å². The lowest BCUT2D eigenvalue weighted by atomic mass is 10.1. The molecule has 25 heavy (non-hydrogen) atoms. The Kier molecular flexibility index (Phi) is 10.3. The van der Waals surface area contributed by atoms with E-state index < -0.39 is 5.97 Å². The standard InChI is InChI=1S/C19H30N2O4/c1-3-5-6-7-8-9-12-24-14-18(22)21-17-13-15(20)10-11-16(17)19(23)25-4-2/h10-11,13H,3-9,12,14,20H2,1-2H3,(H,21,22). The first-order valence-electron chi connectivity index (χ1n) is 9.02. The molecule has 1 aromatic carbocycles. The van der Waals surface area contributed by atoms with Crippen LogP contribution in [0.1, 0.15) is 62.7 Å². The molecule has 1 amide bonds. The number of carbonyl (C=O) groups is 2. The minimum atomic E-state index is -0.495. The molecule has 0 saturated heterocycles. The summed E-state index contributed by atoms with van der Waals surface area (Å²) in [6, 6.07) is 4.68. The van der Waals surface area contributed by atoms with Crippen molar-refractivity contribution in [3.05, 3.63) is 23.8 Å². The molecule has 0 heterocycles. The monoisotopic (exact) mass is 350 g/mol. The molecule has 0 atom stereocenters. The van der Waals surface area contributed by atoms with E-state index in [1.807, 2.05) is 0 Å². The van der Waals surface area contributed by atoms with Gasteiger partial charge in [0.05, 0.1) is 17.9 Å². The number of anilines is 2. The van der Waals surface area contributed by atoms with Crippen LogP contribution in [0.2, 0.25) is 0 Å². The number of amides is 1. The molecule has 1 rings (SSSR count). The number of carbonyl (C=O) groups excluding carboxylic acids is 2. The largest absolute Gasteiger partial charge is 0.462 e. The Labute approximate surface area is 150 Å². The van der Waals surface area contributed by atoms with Crippen molar-refractivity contribution in [2.45, 2.75) is 52.4 Å². The first kappa shape index (κ1) is 21.0. The van der Waals surface area contributed by atoms with Gasteiger partial charge in [-0.25, -0.2) is 4.79 Å². The van der Waals surface area contributed by atoms with Crippen molar-refractivity contribution in [1.29, 1.82) is 0 Å². The third-order valence-electron chi connectivity index (χ3n) is 3.69. The van der Waals surface area contributed by atoms with Crippen molar-refractivity contribution in [3.8, 4) is 0 Å². The van der Waals surface area contributed by atoms with E-state index in [9.17, 15) is 9.59 Å². The van der Waals surface area contributed by atoms with E-state index in [1.165, 1.54) is 31.7 Å². The van der Waals surface area contributed by atoms with Gasteiger partial charge in [-0.1, -0.05) is 39.0 Å². The SMILES string of the molecule is CCCCCCCCOCC(=O)Nc1cc(N)ccc1C(=O)OCC. The maximum absolute atomic E-state index is 12.0. The highest BCUT2D eigenvalue weighted by molar-refractivity contribution is 6.02. The fourth-order valence-electron chi connectivity index (χ4n) is 2.39. The van der Waals surface area contributed by atoms with Crippen LogP contribution < -0.4 is 11.1 Å². The summed E-state index contributed by atoms with van der Waals surface area (Å²) >= 11 is 0. The van der Waals surface area contributed by atoms with Crippen molar-refractivity contribution < 1.29 is 19.1 Å². The molecule has 3 N–H and O–H groups in total. The zero-order valence-corrected chi connectivity index (χ0v) is 15.3. The molecule has 0 aromatic heterocycles. The average Bonchev–Trinajstić information content (AvgIpc) is 2.57. The number of ether oxygens (including phenoxy) is 2. The highest BCUT2D eigenvalue weighted by Gasteiger charge is 2.15. The number of hydrogen-bond donors (Lipinski definition) is 2. The Bertz CT molecular complexity index is 546. The van der Waals surface area contributed by atoms with Gasteiger partial charge in [-0.2, -0.15) is 0 Å². The van der Waals surface area contributed by atoms with Crippen LogP contribution >= 0.6 is 0 Å². The van der Waals surface area contributed by atoms with Crippen molar-refractivity contribution >= 4 is 23.3 Å². The Balaban J connectivity index is 2.39. The number of esters is 1. The van der Waals surface area contributed by atoms with Gasteiger partial charge in [-0.05, 0) is 31.5 Å². The predicted molar refractivity (Wildman–Crippen MR) is 99.6 cm³/mol. The molecule has 0 aliphatic rings. The molecule has 140 valence electrons. The first-order valence-corrected chi connectivity index (χ1v) is 9.02. The van der Waals surface area contributed by atoms with Gasteiger partial charge < -0.3 is 20.5 Å². The molecule has 6 nitrogen and oxygen atoms in total. The molecule has 0 unspecified atom stereocenters. The Hall–Kier alpha value is -2.08. The minimum Gasteiger partial charge on any atom is -0.462 e.